The summed E-state index contributed by atoms with van der Waals surface area (Å²) in [5, 5.41) is 8.85. The minimum atomic E-state index is -0.0964. The highest BCUT2D eigenvalue weighted by Gasteiger charge is 2.21. The van der Waals surface area contributed by atoms with Crippen molar-refractivity contribution in [3.8, 4) is 0 Å². The number of carbonyl (C=O) groups excluding carboxylic acids is 2. The fourth-order valence-corrected chi connectivity index (χ4v) is 3.61. The fourth-order valence-electron chi connectivity index (χ4n) is 3.03. The van der Waals surface area contributed by atoms with E-state index in [0.29, 0.717) is 6.54 Å². The molecule has 2 amide bonds. The number of hydrogen-bond acceptors (Lipinski definition) is 5. The Hall–Kier alpha value is -2.51. The summed E-state index contributed by atoms with van der Waals surface area (Å²) in [6.45, 7) is 3.90. The summed E-state index contributed by atoms with van der Waals surface area (Å²) >= 11 is 1.56. The number of carbonyl (C=O) groups is 2. The van der Waals surface area contributed by atoms with E-state index in [1.54, 1.807) is 17.4 Å². The Morgan fingerprint density at radius 2 is 2.00 bits per heavy atom. The Bertz CT molecular complexity index is 795. The van der Waals surface area contributed by atoms with E-state index in [1.807, 2.05) is 42.6 Å². The van der Waals surface area contributed by atoms with Crippen LogP contribution in [0.1, 0.15) is 23.5 Å². The molecule has 1 aromatic carbocycles. The summed E-state index contributed by atoms with van der Waals surface area (Å²) in [6, 6.07) is 9.61. The van der Waals surface area contributed by atoms with Gasteiger partial charge in [-0.1, -0.05) is 18.2 Å². The number of hydrogen-bond donors (Lipinski definition) is 2. The number of benzene rings is 1. The first-order chi connectivity index (χ1) is 13.1. The van der Waals surface area contributed by atoms with E-state index in [2.05, 4.69) is 20.5 Å². The minimum Gasteiger partial charge on any atom is -0.350 e. The number of thiazole rings is 1. The van der Waals surface area contributed by atoms with Gasteiger partial charge in [-0.05, 0) is 38.0 Å². The molecular weight excluding hydrogens is 360 g/mol. The summed E-state index contributed by atoms with van der Waals surface area (Å²) < 4.78 is 0. The predicted octanol–water partition coefficient (Wildman–Crippen LogP) is 2.68. The largest absolute Gasteiger partial charge is 0.350 e. The number of anilines is 1. The lowest BCUT2D eigenvalue weighted by molar-refractivity contribution is -0.119. The van der Waals surface area contributed by atoms with E-state index < -0.39 is 0 Å². The van der Waals surface area contributed by atoms with Gasteiger partial charge in [-0.2, -0.15) is 0 Å². The highest BCUT2D eigenvalue weighted by molar-refractivity contribution is 7.09. The van der Waals surface area contributed by atoms with E-state index in [4.69, 9.17) is 0 Å². The first kappa shape index (κ1) is 19.3. The third-order valence-electron chi connectivity index (χ3n) is 4.40. The number of piperidine rings is 1. The maximum atomic E-state index is 12.1. The first-order valence-corrected chi connectivity index (χ1v) is 9.94. The van der Waals surface area contributed by atoms with Gasteiger partial charge in [0.1, 0.15) is 0 Å². The Kier molecular flexibility index (Phi) is 6.73. The van der Waals surface area contributed by atoms with Crippen molar-refractivity contribution < 1.29 is 9.59 Å². The lowest BCUT2D eigenvalue weighted by Gasteiger charge is -2.31. The number of para-hydroxylation sites is 1. The normalized spacial score (nSPS) is 15.7. The lowest BCUT2D eigenvalue weighted by atomic mass is 10.0. The molecular formula is C20H24N4O2S. The second-order valence-corrected chi connectivity index (χ2v) is 7.66. The molecule has 0 unspecified atom stereocenters. The molecule has 2 heterocycles. The molecule has 142 valence electrons. The summed E-state index contributed by atoms with van der Waals surface area (Å²) in [5.74, 6) is -0.105. The standard InChI is InChI=1S/C20H24N4O2S/c1-15-21-18(14-27-15)7-8-19(25)22-17-9-11-24(12-10-17)13-20(26)23-16-5-3-2-4-6-16/h2-8,14,17H,9-13H2,1H3,(H,22,25)(H,23,26)/b8-7+. The third-order valence-corrected chi connectivity index (χ3v) is 5.19. The smallest absolute Gasteiger partial charge is 0.244 e. The molecule has 27 heavy (non-hydrogen) atoms. The maximum absolute atomic E-state index is 12.1. The van der Waals surface area contributed by atoms with Crippen molar-refractivity contribution in [2.24, 2.45) is 0 Å². The molecule has 1 aliphatic heterocycles. The Morgan fingerprint density at radius 1 is 1.26 bits per heavy atom. The van der Waals surface area contributed by atoms with Gasteiger partial charge in [-0.15, -0.1) is 11.3 Å². The van der Waals surface area contributed by atoms with Crippen LogP contribution in [0.15, 0.2) is 41.8 Å². The maximum Gasteiger partial charge on any atom is 0.244 e. The highest BCUT2D eigenvalue weighted by Crippen LogP contribution is 2.12. The zero-order valence-electron chi connectivity index (χ0n) is 15.4. The third kappa shape index (κ3) is 6.30. The van der Waals surface area contributed by atoms with Crippen molar-refractivity contribution in [3.05, 3.63) is 52.5 Å². The molecule has 3 rings (SSSR count). The van der Waals surface area contributed by atoms with E-state index in [0.717, 1.165) is 42.3 Å². The van der Waals surface area contributed by atoms with Crippen LogP contribution in [0.4, 0.5) is 5.69 Å². The lowest BCUT2D eigenvalue weighted by Crippen LogP contribution is -2.46. The molecule has 0 saturated carbocycles. The van der Waals surface area contributed by atoms with Crippen LogP contribution in [0.25, 0.3) is 6.08 Å². The Morgan fingerprint density at radius 3 is 2.67 bits per heavy atom. The van der Waals surface area contributed by atoms with Gasteiger partial charge in [0, 0.05) is 36.3 Å². The quantitative estimate of drug-likeness (QED) is 0.751. The van der Waals surface area contributed by atoms with Crippen LogP contribution in [0, 0.1) is 6.92 Å². The molecule has 2 aromatic rings. The molecule has 1 saturated heterocycles. The van der Waals surface area contributed by atoms with Crippen LogP contribution in [0.5, 0.6) is 0 Å². The van der Waals surface area contributed by atoms with E-state index in [1.165, 1.54) is 6.08 Å². The van der Waals surface area contributed by atoms with Gasteiger partial charge in [0.05, 0.1) is 17.2 Å². The van der Waals surface area contributed by atoms with Gasteiger partial charge < -0.3 is 10.6 Å². The number of aryl methyl sites for hydroxylation is 1. The molecule has 0 atom stereocenters. The molecule has 7 heteroatoms. The SMILES string of the molecule is Cc1nc(/C=C/C(=O)NC2CCN(CC(=O)Nc3ccccc3)CC2)cs1. The van der Waals surface area contributed by atoms with E-state index >= 15 is 0 Å². The second kappa shape index (κ2) is 9.43. The highest BCUT2D eigenvalue weighted by atomic mass is 32.1. The van der Waals surface area contributed by atoms with Crippen molar-refractivity contribution in [1.29, 1.82) is 0 Å². The summed E-state index contributed by atoms with van der Waals surface area (Å²) in [6.07, 6.45) is 4.96. The number of nitrogens with one attached hydrogen (secondary N) is 2. The predicted molar refractivity (Wildman–Crippen MR) is 109 cm³/mol. The molecule has 2 N–H and O–H groups in total. The number of rotatable bonds is 6. The molecule has 1 fully saturated rings. The summed E-state index contributed by atoms with van der Waals surface area (Å²) in [4.78, 5) is 30.6. The molecule has 6 nitrogen and oxygen atoms in total. The average Bonchev–Trinajstić information content (AvgIpc) is 3.08. The van der Waals surface area contributed by atoms with Crippen LogP contribution < -0.4 is 10.6 Å². The zero-order chi connectivity index (χ0) is 19.1. The fraction of sp³-hybridized carbons (Fsp3) is 0.350. The van der Waals surface area contributed by atoms with Crippen LogP contribution >= 0.6 is 11.3 Å². The number of likely N-dealkylation sites (tertiary alicyclic amines) is 1. The van der Waals surface area contributed by atoms with Gasteiger partial charge in [0.2, 0.25) is 11.8 Å². The van der Waals surface area contributed by atoms with Crippen molar-refractivity contribution >= 4 is 34.9 Å². The number of nitrogens with zero attached hydrogens (tertiary/aromatic N) is 2. The second-order valence-electron chi connectivity index (χ2n) is 6.60. The van der Waals surface area contributed by atoms with Crippen LogP contribution in [0.3, 0.4) is 0 Å². The average molecular weight is 385 g/mol. The van der Waals surface area contributed by atoms with E-state index in [-0.39, 0.29) is 17.9 Å². The van der Waals surface area contributed by atoms with Gasteiger partial charge in [0.25, 0.3) is 0 Å². The van der Waals surface area contributed by atoms with Crippen molar-refractivity contribution in [1.82, 2.24) is 15.2 Å². The number of amides is 2. The molecule has 0 aliphatic carbocycles. The Balaban J connectivity index is 1.37. The minimum absolute atomic E-state index is 0.00910. The Labute approximate surface area is 163 Å². The van der Waals surface area contributed by atoms with Gasteiger partial charge in [-0.25, -0.2) is 4.98 Å². The van der Waals surface area contributed by atoms with Crippen LogP contribution in [-0.2, 0) is 9.59 Å². The summed E-state index contributed by atoms with van der Waals surface area (Å²) in [5.41, 5.74) is 1.62. The first-order valence-electron chi connectivity index (χ1n) is 9.06. The molecule has 1 aliphatic rings. The molecule has 0 radical (unpaired) electrons. The topological polar surface area (TPSA) is 74.3 Å². The van der Waals surface area contributed by atoms with Crippen LogP contribution in [-0.4, -0.2) is 47.4 Å². The molecule has 0 spiro atoms. The monoisotopic (exact) mass is 384 g/mol. The van der Waals surface area contributed by atoms with Gasteiger partial charge in [0.15, 0.2) is 0 Å². The molecule has 0 bridgehead atoms. The van der Waals surface area contributed by atoms with Crippen molar-refractivity contribution in [3.63, 3.8) is 0 Å². The molecule has 1 aromatic heterocycles. The van der Waals surface area contributed by atoms with Crippen molar-refractivity contribution in [2.75, 3.05) is 25.0 Å². The van der Waals surface area contributed by atoms with E-state index in [9.17, 15) is 9.59 Å². The summed E-state index contributed by atoms with van der Waals surface area (Å²) in [7, 11) is 0. The number of aromatic nitrogens is 1. The van der Waals surface area contributed by atoms with Crippen LogP contribution in [0.2, 0.25) is 0 Å². The van der Waals surface area contributed by atoms with Gasteiger partial charge >= 0.3 is 0 Å². The van der Waals surface area contributed by atoms with Crippen molar-refractivity contribution in [2.45, 2.75) is 25.8 Å². The van der Waals surface area contributed by atoms with Gasteiger partial charge in [-0.3, -0.25) is 14.5 Å². The zero-order valence-corrected chi connectivity index (χ0v) is 16.2.